The van der Waals surface area contributed by atoms with Crippen molar-refractivity contribution < 1.29 is 8.78 Å². The summed E-state index contributed by atoms with van der Waals surface area (Å²) in [6, 6.07) is 2.32. The third kappa shape index (κ3) is 4.08. The number of likely N-dealkylation sites (N-methyl/N-ethyl adjacent to an activating group) is 1. The maximum absolute atomic E-state index is 14.1. The Kier molecular flexibility index (Phi) is 5.03. The number of piperazine rings is 1. The minimum Gasteiger partial charge on any atom is -0.375 e. The molecule has 0 amide bonds. The van der Waals surface area contributed by atoms with E-state index in [1.165, 1.54) is 6.07 Å². The highest BCUT2D eigenvalue weighted by atomic mass is 32.1. The van der Waals surface area contributed by atoms with E-state index in [1.54, 1.807) is 0 Å². The zero-order chi connectivity index (χ0) is 15.4. The second kappa shape index (κ2) is 6.77. The summed E-state index contributed by atoms with van der Waals surface area (Å²) in [4.78, 5) is 3.99. The van der Waals surface area contributed by atoms with Gasteiger partial charge in [0.25, 0.3) is 0 Å². The van der Waals surface area contributed by atoms with Gasteiger partial charge >= 0.3 is 0 Å². The zero-order valence-electron chi connectivity index (χ0n) is 11.6. The van der Waals surface area contributed by atoms with Gasteiger partial charge in [-0.05, 0) is 25.3 Å². The third-order valence-corrected chi connectivity index (χ3v) is 3.38. The van der Waals surface area contributed by atoms with Crippen molar-refractivity contribution in [2.24, 2.45) is 10.8 Å². The number of hydrazone groups is 1. The molecule has 21 heavy (non-hydrogen) atoms. The van der Waals surface area contributed by atoms with E-state index in [2.05, 4.69) is 27.6 Å². The molecule has 1 aromatic rings. The molecule has 114 valence electrons. The SMILES string of the molecule is CN1CCN(c2cc(F)c(/C=N/NC(N)=S)cc2F)CC1. The number of nitrogens with one attached hydrogen (secondary N) is 1. The Morgan fingerprint density at radius 3 is 2.57 bits per heavy atom. The summed E-state index contributed by atoms with van der Waals surface area (Å²) in [7, 11) is 2.00. The Morgan fingerprint density at radius 2 is 1.95 bits per heavy atom. The lowest BCUT2D eigenvalue weighted by molar-refractivity contribution is 0.311. The van der Waals surface area contributed by atoms with Crippen molar-refractivity contribution in [3.63, 3.8) is 0 Å². The van der Waals surface area contributed by atoms with Crippen LogP contribution in [0.15, 0.2) is 17.2 Å². The van der Waals surface area contributed by atoms with Crippen molar-refractivity contribution in [3.8, 4) is 0 Å². The number of benzene rings is 1. The van der Waals surface area contributed by atoms with Gasteiger partial charge in [0.1, 0.15) is 11.6 Å². The molecule has 0 spiro atoms. The summed E-state index contributed by atoms with van der Waals surface area (Å²) in [5, 5.41) is 3.59. The number of thiocarbonyl (C=S) groups is 1. The van der Waals surface area contributed by atoms with E-state index in [9.17, 15) is 8.78 Å². The first-order valence-electron chi connectivity index (χ1n) is 6.48. The first kappa shape index (κ1) is 15.6. The van der Waals surface area contributed by atoms with E-state index in [0.29, 0.717) is 13.1 Å². The van der Waals surface area contributed by atoms with Crippen molar-refractivity contribution in [3.05, 3.63) is 29.3 Å². The number of nitrogens with two attached hydrogens (primary N) is 1. The molecule has 1 fully saturated rings. The molecule has 0 atom stereocenters. The van der Waals surface area contributed by atoms with E-state index in [-0.39, 0.29) is 16.4 Å². The number of anilines is 1. The summed E-state index contributed by atoms with van der Waals surface area (Å²) in [6.45, 7) is 2.98. The van der Waals surface area contributed by atoms with Gasteiger partial charge in [0.15, 0.2) is 5.11 Å². The molecule has 2 rings (SSSR count). The van der Waals surface area contributed by atoms with E-state index >= 15 is 0 Å². The zero-order valence-corrected chi connectivity index (χ0v) is 12.5. The van der Waals surface area contributed by atoms with Gasteiger partial charge < -0.3 is 15.5 Å². The monoisotopic (exact) mass is 313 g/mol. The summed E-state index contributed by atoms with van der Waals surface area (Å²) in [6.07, 6.45) is 1.14. The summed E-state index contributed by atoms with van der Waals surface area (Å²) < 4.78 is 28.1. The highest BCUT2D eigenvalue weighted by molar-refractivity contribution is 7.80. The number of rotatable bonds is 3. The lowest BCUT2D eigenvalue weighted by atomic mass is 10.1. The standard InChI is InChI=1S/C13H17F2N5S/c1-19-2-4-20(5-3-19)12-7-10(14)9(6-11(12)15)8-17-18-13(16)21/h6-8H,2-5H2,1H3,(H3,16,18,21)/b17-8+. The number of halogens is 2. The van der Waals surface area contributed by atoms with E-state index < -0.39 is 11.6 Å². The molecule has 0 aliphatic carbocycles. The van der Waals surface area contributed by atoms with Gasteiger partial charge in [0.05, 0.1) is 11.9 Å². The topological polar surface area (TPSA) is 56.9 Å². The fourth-order valence-corrected chi connectivity index (χ4v) is 2.16. The van der Waals surface area contributed by atoms with Crippen LogP contribution in [0.3, 0.4) is 0 Å². The summed E-state index contributed by atoms with van der Waals surface area (Å²) >= 11 is 4.56. The predicted octanol–water partition coefficient (Wildman–Crippen LogP) is 0.884. The van der Waals surface area contributed by atoms with Crippen molar-refractivity contribution in [2.45, 2.75) is 0 Å². The van der Waals surface area contributed by atoms with Crippen LogP contribution in [0.1, 0.15) is 5.56 Å². The summed E-state index contributed by atoms with van der Waals surface area (Å²) in [5.41, 5.74) is 7.80. The van der Waals surface area contributed by atoms with Crippen LogP contribution in [-0.4, -0.2) is 49.5 Å². The van der Waals surface area contributed by atoms with Gasteiger partial charge in [-0.3, -0.25) is 5.43 Å². The molecule has 3 N–H and O–H groups in total. The van der Waals surface area contributed by atoms with E-state index in [4.69, 9.17) is 5.73 Å². The Hall–Kier alpha value is -1.80. The Bertz CT molecular complexity index is 556. The maximum atomic E-state index is 14.1. The quantitative estimate of drug-likeness (QED) is 0.493. The van der Waals surface area contributed by atoms with Gasteiger partial charge in [-0.1, -0.05) is 0 Å². The van der Waals surface area contributed by atoms with Crippen LogP contribution >= 0.6 is 12.2 Å². The van der Waals surface area contributed by atoms with Crippen LogP contribution < -0.4 is 16.1 Å². The van der Waals surface area contributed by atoms with Gasteiger partial charge in [0.2, 0.25) is 0 Å². The van der Waals surface area contributed by atoms with E-state index in [0.717, 1.165) is 25.4 Å². The van der Waals surface area contributed by atoms with Crippen LogP contribution in [-0.2, 0) is 0 Å². The normalized spacial score (nSPS) is 16.4. The number of nitrogens with zero attached hydrogens (tertiary/aromatic N) is 3. The molecule has 0 radical (unpaired) electrons. The highest BCUT2D eigenvalue weighted by Crippen LogP contribution is 2.23. The molecule has 0 aromatic heterocycles. The van der Waals surface area contributed by atoms with Crippen LogP contribution in [0.25, 0.3) is 0 Å². The third-order valence-electron chi connectivity index (χ3n) is 3.29. The average Bonchev–Trinajstić information content (AvgIpc) is 2.43. The van der Waals surface area contributed by atoms with Crippen LogP contribution in [0, 0.1) is 11.6 Å². The molecule has 1 aromatic carbocycles. The maximum Gasteiger partial charge on any atom is 0.184 e. The predicted molar refractivity (Wildman–Crippen MR) is 83.6 cm³/mol. The van der Waals surface area contributed by atoms with Crippen LogP contribution in [0.4, 0.5) is 14.5 Å². The van der Waals surface area contributed by atoms with Gasteiger partial charge in [0, 0.05) is 37.8 Å². The minimum absolute atomic E-state index is 0.0362. The van der Waals surface area contributed by atoms with Crippen LogP contribution in [0.2, 0.25) is 0 Å². The molecule has 1 aliphatic heterocycles. The lowest BCUT2D eigenvalue weighted by Crippen LogP contribution is -2.44. The molecule has 5 nitrogen and oxygen atoms in total. The van der Waals surface area contributed by atoms with Crippen LogP contribution in [0.5, 0.6) is 0 Å². The molecule has 8 heteroatoms. The first-order valence-corrected chi connectivity index (χ1v) is 6.89. The molecule has 0 saturated carbocycles. The molecule has 0 unspecified atom stereocenters. The Balaban J connectivity index is 2.16. The molecular weight excluding hydrogens is 296 g/mol. The number of hydrogen-bond donors (Lipinski definition) is 2. The largest absolute Gasteiger partial charge is 0.375 e. The van der Waals surface area contributed by atoms with E-state index in [1.807, 2.05) is 11.9 Å². The molecule has 1 aliphatic rings. The Morgan fingerprint density at radius 1 is 1.29 bits per heavy atom. The van der Waals surface area contributed by atoms with Crippen molar-refractivity contribution in [2.75, 3.05) is 38.1 Å². The fraction of sp³-hybridized carbons (Fsp3) is 0.385. The van der Waals surface area contributed by atoms with Gasteiger partial charge in [-0.25, -0.2) is 8.78 Å². The highest BCUT2D eigenvalue weighted by Gasteiger charge is 2.19. The summed E-state index contributed by atoms with van der Waals surface area (Å²) in [5.74, 6) is -1.02. The first-order chi connectivity index (χ1) is 9.97. The molecule has 1 saturated heterocycles. The number of hydrogen-bond acceptors (Lipinski definition) is 4. The van der Waals surface area contributed by atoms with Crippen molar-refractivity contribution in [1.29, 1.82) is 0 Å². The smallest absolute Gasteiger partial charge is 0.184 e. The van der Waals surface area contributed by atoms with Gasteiger partial charge in [-0.2, -0.15) is 5.10 Å². The molecule has 0 bridgehead atoms. The van der Waals surface area contributed by atoms with Crippen molar-refractivity contribution >= 4 is 29.2 Å². The van der Waals surface area contributed by atoms with Crippen molar-refractivity contribution in [1.82, 2.24) is 10.3 Å². The molecular formula is C13H17F2N5S. The lowest BCUT2D eigenvalue weighted by Gasteiger charge is -2.34. The fourth-order valence-electron chi connectivity index (χ4n) is 2.11. The Labute approximate surface area is 127 Å². The minimum atomic E-state index is -0.543. The second-order valence-electron chi connectivity index (χ2n) is 4.85. The second-order valence-corrected chi connectivity index (χ2v) is 5.29. The average molecular weight is 313 g/mol. The van der Waals surface area contributed by atoms with Gasteiger partial charge in [-0.15, -0.1) is 0 Å². The molecule has 1 heterocycles.